The van der Waals surface area contributed by atoms with E-state index >= 15 is 0 Å². The molecule has 1 aromatic carbocycles. The zero-order valence-corrected chi connectivity index (χ0v) is 11.8. The minimum absolute atomic E-state index is 0.169. The molecule has 1 aromatic heterocycles. The first kappa shape index (κ1) is 13.7. The molecule has 0 unspecified atom stereocenters. The zero-order valence-electron chi connectivity index (χ0n) is 11.8. The highest BCUT2D eigenvalue weighted by molar-refractivity contribution is 5.88. The van der Waals surface area contributed by atoms with Crippen molar-refractivity contribution in [3.05, 3.63) is 30.6 Å². The number of nitrogens with zero attached hydrogens (tertiary/aromatic N) is 2. The maximum absolute atomic E-state index is 5.15. The van der Waals surface area contributed by atoms with Gasteiger partial charge in [0, 0.05) is 25.6 Å². The van der Waals surface area contributed by atoms with Gasteiger partial charge in [-0.3, -0.25) is 0 Å². The van der Waals surface area contributed by atoms with Crippen LogP contribution in [-0.2, 0) is 4.74 Å². The lowest BCUT2D eigenvalue weighted by atomic mass is 9.90. The summed E-state index contributed by atoms with van der Waals surface area (Å²) in [4.78, 5) is 8.60. The van der Waals surface area contributed by atoms with Crippen molar-refractivity contribution in [3.8, 4) is 0 Å². The average Bonchev–Trinajstić information content (AvgIpc) is 2.43. The van der Waals surface area contributed by atoms with E-state index in [-0.39, 0.29) is 5.41 Å². The smallest absolute Gasteiger partial charge is 0.137 e. The number of rotatable bonds is 6. The summed E-state index contributed by atoms with van der Waals surface area (Å²) in [6.07, 6.45) is 2.62. The lowest BCUT2D eigenvalue weighted by Crippen LogP contribution is -2.25. The van der Waals surface area contributed by atoms with Gasteiger partial charge in [-0.25, -0.2) is 9.97 Å². The third-order valence-electron chi connectivity index (χ3n) is 3.26. The Morgan fingerprint density at radius 1 is 1.21 bits per heavy atom. The number of nitrogens with one attached hydrogen (secondary N) is 1. The first-order valence-electron chi connectivity index (χ1n) is 6.55. The molecule has 4 heteroatoms. The second-order valence-electron chi connectivity index (χ2n) is 5.50. The molecule has 0 bridgehead atoms. The van der Waals surface area contributed by atoms with Gasteiger partial charge in [0.25, 0.3) is 0 Å². The molecule has 1 heterocycles. The summed E-state index contributed by atoms with van der Waals surface area (Å²) in [5.74, 6) is 0.899. The summed E-state index contributed by atoms with van der Waals surface area (Å²) in [6, 6.07) is 8.03. The fourth-order valence-electron chi connectivity index (χ4n) is 1.94. The van der Waals surface area contributed by atoms with Crippen LogP contribution in [0.4, 0.5) is 5.82 Å². The molecule has 0 aliphatic carbocycles. The van der Waals surface area contributed by atoms with Gasteiger partial charge < -0.3 is 10.1 Å². The molecule has 0 aliphatic rings. The Hall–Kier alpha value is -1.68. The van der Waals surface area contributed by atoms with E-state index in [1.54, 1.807) is 13.4 Å². The number of para-hydroxylation sites is 1. The SMILES string of the molecule is COCCC(C)(C)CNc1ncnc2ccccc12. The summed E-state index contributed by atoms with van der Waals surface area (Å²) in [6.45, 7) is 6.08. The fourth-order valence-corrected chi connectivity index (χ4v) is 1.94. The number of benzene rings is 1. The Kier molecular flexibility index (Phi) is 4.32. The van der Waals surface area contributed by atoms with Gasteiger partial charge in [-0.1, -0.05) is 26.0 Å². The highest BCUT2D eigenvalue weighted by Crippen LogP contribution is 2.23. The van der Waals surface area contributed by atoms with Gasteiger partial charge in [-0.05, 0) is 24.0 Å². The maximum atomic E-state index is 5.15. The van der Waals surface area contributed by atoms with Crippen molar-refractivity contribution in [2.45, 2.75) is 20.3 Å². The van der Waals surface area contributed by atoms with Crippen LogP contribution in [0.5, 0.6) is 0 Å². The number of hydrogen-bond donors (Lipinski definition) is 1. The molecule has 102 valence electrons. The summed E-state index contributed by atoms with van der Waals surface area (Å²) in [7, 11) is 1.74. The normalized spacial score (nSPS) is 11.7. The predicted molar refractivity (Wildman–Crippen MR) is 78.3 cm³/mol. The van der Waals surface area contributed by atoms with Gasteiger partial charge >= 0.3 is 0 Å². The number of aromatic nitrogens is 2. The van der Waals surface area contributed by atoms with E-state index < -0.39 is 0 Å². The minimum Gasteiger partial charge on any atom is -0.385 e. The van der Waals surface area contributed by atoms with E-state index in [4.69, 9.17) is 4.74 Å². The summed E-state index contributed by atoms with van der Waals surface area (Å²) >= 11 is 0. The second kappa shape index (κ2) is 5.97. The van der Waals surface area contributed by atoms with Crippen LogP contribution in [0.15, 0.2) is 30.6 Å². The van der Waals surface area contributed by atoms with Gasteiger partial charge in [-0.2, -0.15) is 0 Å². The van der Waals surface area contributed by atoms with Crippen LogP contribution in [0.2, 0.25) is 0 Å². The van der Waals surface area contributed by atoms with Crippen molar-refractivity contribution in [1.82, 2.24) is 9.97 Å². The van der Waals surface area contributed by atoms with E-state index in [0.29, 0.717) is 0 Å². The van der Waals surface area contributed by atoms with Crippen molar-refractivity contribution in [2.24, 2.45) is 5.41 Å². The molecule has 19 heavy (non-hydrogen) atoms. The molecular weight excluding hydrogens is 238 g/mol. The molecule has 2 rings (SSSR count). The van der Waals surface area contributed by atoms with Gasteiger partial charge in [0.1, 0.15) is 12.1 Å². The molecule has 4 nitrogen and oxygen atoms in total. The third-order valence-corrected chi connectivity index (χ3v) is 3.26. The largest absolute Gasteiger partial charge is 0.385 e. The lowest BCUT2D eigenvalue weighted by Gasteiger charge is -2.25. The number of fused-ring (bicyclic) bond motifs is 1. The van der Waals surface area contributed by atoms with Crippen LogP contribution in [0.1, 0.15) is 20.3 Å². The van der Waals surface area contributed by atoms with Crippen LogP contribution in [0, 0.1) is 5.41 Å². The third kappa shape index (κ3) is 3.64. The topological polar surface area (TPSA) is 47.0 Å². The van der Waals surface area contributed by atoms with E-state index in [1.165, 1.54) is 0 Å². The standard InChI is InChI=1S/C15H21N3O/c1-15(2,8-9-19-3)10-16-14-12-6-4-5-7-13(12)17-11-18-14/h4-7,11H,8-10H2,1-3H3,(H,16,17,18). The Morgan fingerprint density at radius 2 is 2.00 bits per heavy atom. The van der Waals surface area contributed by atoms with Gasteiger partial charge in [0.05, 0.1) is 5.52 Å². The monoisotopic (exact) mass is 259 g/mol. The van der Waals surface area contributed by atoms with Crippen LogP contribution < -0.4 is 5.32 Å². The highest BCUT2D eigenvalue weighted by atomic mass is 16.5. The fraction of sp³-hybridized carbons (Fsp3) is 0.467. The molecule has 0 amide bonds. The zero-order chi connectivity index (χ0) is 13.7. The van der Waals surface area contributed by atoms with Crippen LogP contribution in [0.3, 0.4) is 0 Å². The van der Waals surface area contributed by atoms with Crippen LogP contribution >= 0.6 is 0 Å². The highest BCUT2D eigenvalue weighted by Gasteiger charge is 2.17. The van der Waals surface area contributed by atoms with Gasteiger partial charge in [0.15, 0.2) is 0 Å². The average molecular weight is 259 g/mol. The minimum atomic E-state index is 0.169. The predicted octanol–water partition coefficient (Wildman–Crippen LogP) is 3.10. The van der Waals surface area contributed by atoms with Gasteiger partial charge in [0.2, 0.25) is 0 Å². The van der Waals surface area contributed by atoms with Crippen molar-refractivity contribution in [3.63, 3.8) is 0 Å². The Balaban J connectivity index is 2.09. The molecule has 0 aliphatic heterocycles. The molecule has 1 N–H and O–H groups in total. The number of hydrogen-bond acceptors (Lipinski definition) is 4. The molecule has 0 saturated heterocycles. The summed E-state index contributed by atoms with van der Waals surface area (Å²) in [5, 5.41) is 4.49. The molecule has 0 saturated carbocycles. The van der Waals surface area contributed by atoms with E-state index in [2.05, 4.69) is 29.1 Å². The summed E-state index contributed by atoms with van der Waals surface area (Å²) < 4.78 is 5.15. The van der Waals surface area contributed by atoms with E-state index in [0.717, 1.165) is 36.3 Å². The first-order valence-corrected chi connectivity index (χ1v) is 6.55. The van der Waals surface area contributed by atoms with Crippen molar-refractivity contribution >= 4 is 16.7 Å². The summed E-state index contributed by atoms with van der Waals surface area (Å²) in [5.41, 5.74) is 1.14. The lowest BCUT2D eigenvalue weighted by molar-refractivity contribution is 0.157. The molecule has 2 aromatic rings. The van der Waals surface area contributed by atoms with Gasteiger partial charge in [-0.15, -0.1) is 0 Å². The van der Waals surface area contributed by atoms with Crippen LogP contribution in [0.25, 0.3) is 10.9 Å². The Bertz CT molecular complexity index is 534. The number of methoxy groups -OCH3 is 1. The molecule has 0 spiro atoms. The Labute approximate surface area is 114 Å². The van der Waals surface area contributed by atoms with Crippen molar-refractivity contribution in [2.75, 3.05) is 25.6 Å². The molecule has 0 fully saturated rings. The van der Waals surface area contributed by atoms with E-state index in [9.17, 15) is 0 Å². The van der Waals surface area contributed by atoms with E-state index in [1.807, 2.05) is 24.3 Å². The molecule has 0 atom stereocenters. The maximum Gasteiger partial charge on any atom is 0.137 e. The van der Waals surface area contributed by atoms with Crippen LogP contribution in [-0.4, -0.2) is 30.2 Å². The van der Waals surface area contributed by atoms with Crippen molar-refractivity contribution < 1.29 is 4.74 Å². The van der Waals surface area contributed by atoms with Crippen molar-refractivity contribution in [1.29, 1.82) is 0 Å². The second-order valence-corrected chi connectivity index (χ2v) is 5.50. The molecule has 0 radical (unpaired) electrons. The molecular formula is C15H21N3O. The Morgan fingerprint density at radius 3 is 2.79 bits per heavy atom. The number of ether oxygens (including phenoxy) is 1. The first-order chi connectivity index (χ1) is 9.12. The number of anilines is 1. The quantitative estimate of drug-likeness (QED) is 0.866.